The first-order valence-corrected chi connectivity index (χ1v) is 8.96. The van der Waals surface area contributed by atoms with E-state index in [9.17, 15) is 4.79 Å². The Kier molecular flexibility index (Phi) is 3.34. The zero-order valence-electron chi connectivity index (χ0n) is 14.1. The molecule has 26 heavy (non-hydrogen) atoms. The SMILES string of the molecule is Cc1ccc(-n2c(=O)nc(NC3CC3)c3oc4ccc(Cl)cc4c32)cc1. The summed E-state index contributed by atoms with van der Waals surface area (Å²) in [7, 11) is 0. The molecule has 1 N–H and O–H groups in total. The number of rotatable bonds is 3. The Bertz CT molecular complexity index is 1200. The molecule has 2 aromatic heterocycles. The summed E-state index contributed by atoms with van der Waals surface area (Å²) in [5.41, 5.74) is 3.48. The van der Waals surface area contributed by atoms with E-state index in [-0.39, 0.29) is 5.69 Å². The lowest BCUT2D eigenvalue weighted by atomic mass is 10.2. The van der Waals surface area contributed by atoms with E-state index in [0.717, 1.165) is 29.5 Å². The van der Waals surface area contributed by atoms with Gasteiger partial charge in [0.2, 0.25) is 0 Å². The second-order valence-electron chi connectivity index (χ2n) is 6.75. The minimum absolute atomic E-state index is 0.341. The van der Waals surface area contributed by atoms with Crippen molar-refractivity contribution in [1.29, 1.82) is 0 Å². The summed E-state index contributed by atoms with van der Waals surface area (Å²) < 4.78 is 7.66. The molecule has 1 saturated carbocycles. The molecular formula is C20H16ClN3O2. The second kappa shape index (κ2) is 5.61. The highest BCUT2D eigenvalue weighted by atomic mass is 35.5. The zero-order chi connectivity index (χ0) is 17.8. The molecule has 0 radical (unpaired) electrons. The quantitative estimate of drug-likeness (QED) is 0.573. The van der Waals surface area contributed by atoms with Gasteiger partial charge in [0.25, 0.3) is 0 Å². The third kappa shape index (κ3) is 2.47. The summed E-state index contributed by atoms with van der Waals surface area (Å²) in [6.07, 6.45) is 2.16. The number of hydrogen-bond acceptors (Lipinski definition) is 4. The Morgan fingerprint density at radius 1 is 1.19 bits per heavy atom. The number of aryl methyl sites for hydroxylation is 1. The molecule has 6 heteroatoms. The number of furan rings is 1. The van der Waals surface area contributed by atoms with Crippen LogP contribution in [-0.2, 0) is 0 Å². The van der Waals surface area contributed by atoms with Crippen LogP contribution in [0.15, 0.2) is 51.7 Å². The van der Waals surface area contributed by atoms with Crippen LogP contribution >= 0.6 is 11.6 Å². The molecule has 1 fully saturated rings. The number of halogens is 1. The minimum atomic E-state index is -0.341. The summed E-state index contributed by atoms with van der Waals surface area (Å²) in [6.45, 7) is 2.01. The lowest BCUT2D eigenvalue weighted by Gasteiger charge is -2.10. The van der Waals surface area contributed by atoms with E-state index in [1.165, 1.54) is 0 Å². The number of nitrogens with zero attached hydrogens (tertiary/aromatic N) is 2. The minimum Gasteiger partial charge on any atom is -0.450 e. The number of nitrogens with one attached hydrogen (secondary N) is 1. The normalized spacial score (nSPS) is 14.2. The maximum Gasteiger partial charge on any atom is 0.354 e. The van der Waals surface area contributed by atoms with Crippen LogP contribution in [-0.4, -0.2) is 15.6 Å². The fraction of sp³-hybridized carbons (Fsp3) is 0.200. The molecule has 1 aliphatic carbocycles. The molecule has 0 bridgehead atoms. The van der Waals surface area contributed by atoms with Gasteiger partial charge in [0.05, 0.1) is 5.69 Å². The first-order valence-electron chi connectivity index (χ1n) is 8.58. The van der Waals surface area contributed by atoms with Gasteiger partial charge >= 0.3 is 5.69 Å². The van der Waals surface area contributed by atoms with Crippen molar-refractivity contribution in [2.45, 2.75) is 25.8 Å². The standard InChI is InChI=1S/C20H16ClN3O2/c1-11-2-7-14(8-3-11)24-17-15-10-12(21)4-9-16(15)26-18(17)19(23-20(24)25)22-13-5-6-13/h2-4,7-10,13H,5-6H2,1H3,(H,22,23,25). The van der Waals surface area contributed by atoms with Gasteiger partial charge in [-0.2, -0.15) is 4.98 Å². The molecule has 4 aromatic rings. The number of fused-ring (bicyclic) bond motifs is 3. The third-order valence-corrected chi connectivity index (χ3v) is 4.91. The Morgan fingerprint density at radius 3 is 2.69 bits per heavy atom. The van der Waals surface area contributed by atoms with Crippen LogP contribution in [0.4, 0.5) is 5.82 Å². The van der Waals surface area contributed by atoms with Crippen molar-refractivity contribution in [1.82, 2.24) is 9.55 Å². The van der Waals surface area contributed by atoms with Crippen LogP contribution in [0.3, 0.4) is 0 Å². The molecule has 0 atom stereocenters. The van der Waals surface area contributed by atoms with Crippen molar-refractivity contribution in [2.75, 3.05) is 5.32 Å². The maximum absolute atomic E-state index is 12.9. The first kappa shape index (κ1) is 15.5. The Labute approximate surface area is 154 Å². The van der Waals surface area contributed by atoms with Crippen molar-refractivity contribution >= 4 is 39.5 Å². The highest BCUT2D eigenvalue weighted by Gasteiger charge is 2.26. The van der Waals surface area contributed by atoms with Gasteiger partial charge in [-0.1, -0.05) is 29.3 Å². The summed E-state index contributed by atoms with van der Waals surface area (Å²) in [4.78, 5) is 17.2. The van der Waals surface area contributed by atoms with Crippen LogP contribution in [0.5, 0.6) is 0 Å². The maximum atomic E-state index is 12.9. The number of benzene rings is 2. The smallest absolute Gasteiger partial charge is 0.354 e. The molecule has 0 amide bonds. The highest BCUT2D eigenvalue weighted by molar-refractivity contribution is 6.31. The number of hydrogen-bond donors (Lipinski definition) is 1. The molecule has 0 spiro atoms. The molecular weight excluding hydrogens is 350 g/mol. The Balaban J connectivity index is 1.89. The third-order valence-electron chi connectivity index (χ3n) is 4.67. The molecule has 0 unspecified atom stereocenters. The Morgan fingerprint density at radius 2 is 1.96 bits per heavy atom. The van der Waals surface area contributed by atoms with E-state index in [4.69, 9.17) is 16.0 Å². The van der Waals surface area contributed by atoms with E-state index in [2.05, 4.69) is 10.3 Å². The summed E-state index contributed by atoms with van der Waals surface area (Å²) in [5, 5.41) is 4.70. The molecule has 130 valence electrons. The fourth-order valence-electron chi connectivity index (χ4n) is 3.18. The van der Waals surface area contributed by atoms with E-state index < -0.39 is 0 Å². The van der Waals surface area contributed by atoms with Crippen LogP contribution in [0.2, 0.25) is 5.02 Å². The molecule has 2 heterocycles. The van der Waals surface area contributed by atoms with E-state index >= 15 is 0 Å². The predicted octanol–water partition coefficient (Wildman–Crippen LogP) is 4.67. The molecule has 0 aliphatic heterocycles. The van der Waals surface area contributed by atoms with Gasteiger partial charge < -0.3 is 9.73 Å². The zero-order valence-corrected chi connectivity index (χ0v) is 14.9. The van der Waals surface area contributed by atoms with Crippen molar-refractivity contribution in [3.8, 4) is 5.69 Å². The Hall–Kier alpha value is -2.79. The topological polar surface area (TPSA) is 60.1 Å². The van der Waals surface area contributed by atoms with Crippen LogP contribution in [0.25, 0.3) is 27.8 Å². The summed E-state index contributed by atoms with van der Waals surface area (Å²) in [6, 6.07) is 13.6. The van der Waals surface area contributed by atoms with Gasteiger partial charge in [0.1, 0.15) is 11.1 Å². The number of anilines is 1. The number of aromatic nitrogens is 2. The van der Waals surface area contributed by atoms with Gasteiger partial charge in [0, 0.05) is 16.5 Å². The monoisotopic (exact) mass is 365 g/mol. The summed E-state index contributed by atoms with van der Waals surface area (Å²) >= 11 is 6.21. The van der Waals surface area contributed by atoms with E-state index in [1.807, 2.05) is 43.3 Å². The predicted molar refractivity (Wildman–Crippen MR) is 104 cm³/mol. The molecule has 2 aromatic carbocycles. The van der Waals surface area contributed by atoms with Gasteiger partial charge in [-0.25, -0.2) is 4.79 Å². The first-order chi connectivity index (χ1) is 12.6. The van der Waals surface area contributed by atoms with E-state index in [0.29, 0.717) is 33.6 Å². The lowest BCUT2D eigenvalue weighted by molar-refractivity contribution is 0.664. The van der Waals surface area contributed by atoms with Crippen LogP contribution in [0.1, 0.15) is 18.4 Å². The van der Waals surface area contributed by atoms with Crippen LogP contribution in [0, 0.1) is 6.92 Å². The van der Waals surface area contributed by atoms with E-state index in [1.54, 1.807) is 10.6 Å². The van der Waals surface area contributed by atoms with Gasteiger partial charge in [-0.05, 0) is 50.1 Å². The average Bonchev–Trinajstić information content (AvgIpc) is 3.36. The molecule has 5 nitrogen and oxygen atoms in total. The van der Waals surface area contributed by atoms with Crippen molar-refractivity contribution in [3.63, 3.8) is 0 Å². The molecule has 0 saturated heterocycles. The van der Waals surface area contributed by atoms with Gasteiger partial charge in [0.15, 0.2) is 11.4 Å². The van der Waals surface area contributed by atoms with Gasteiger partial charge in [-0.15, -0.1) is 0 Å². The van der Waals surface area contributed by atoms with Gasteiger partial charge in [-0.3, -0.25) is 4.57 Å². The van der Waals surface area contributed by atoms with Crippen molar-refractivity contribution in [2.24, 2.45) is 0 Å². The molecule has 1 aliphatic rings. The lowest BCUT2D eigenvalue weighted by Crippen LogP contribution is -2.23. The highest BCUT2D eigenvalue weighted by Crippen LogP contribution is 2.35. The molecule has 5 rings (SSSR count). The average molecular weight is 366 g/mol. The summed E-state index contributed by atoms with van der Waals surface area (Å²) in [5.74, 6) is 0.503. The fourth-order valence-corrected chi connectivity index (χ4v) is 3.36. The van der Waals surface area contributed by atoms with Crippen molar-refractivity contribution < 1.29 is 4.42 Å². The van der Waals surface area contributed by atoms with Crippen LogP contribution < -0.4 is 11.0 Å². The second-order valence-corrected chi connectivity index (χ2v) is 7.19. The van der Waals surface area contributed by atoms with Crippen molar-refractivity contribution in [3.05, 3.63) is 63.5 Å². The largest absolute Gasteiger partial charge is 0.450 e.